The molecule has 0 heterocycles. The highest BCUT2D eigenvalue weighted by Gasteiger charge is 2.23. The number of ether oxygens (including phenoxy) is 1. The minimum Gasteiger partial charge on any atom is -0.435 e. The van der Waals surface area contributed by atoms with Crippen LogP contribution in [0.5, 0.6) is 5.75 Å². The monoisotopic (exact) mass is 303 g/mol. The first-order valence-electron chi connectivity index (χ1n) is 6.55. The van der Waals surface area contributed by atoms with E-state index in [1.54, 1.807) is 0 Å². The lowest BCUT2D eigenvalue weighted by Gasteiger charge is -2.15. The van der Waals surface area contributed by atoms with Crippen LogP contribution in [0.25, 0.3) is 0 Å². The molecule has 1 N–H and O–H groups in total. The Bertz CT molecular complexity index is 447. The summed E-state index contributed by atoms with van der Waals surface area (Å²) >= 11 is 6.09. The average molecular weight is 304 g/mol. The van der Waals surface area contributed by atoms with E-state index < -0.39 is 12.0 Å². The molecule has 1 aromatic rings. The normalized spacial score (nSPS) is 17.2. The molecule has 3 nitrogen and oxygen atoms in total. The van der Waals surface area contributed by atoms with E-state index in [-0.39, 0.29) is 17.7 Å². The molecule has 1 aliphatic carbocycles. The Labute approximate surface area is 121 Å². The number of alkyl halides is 3. The molecule has 6 heteroatoms. The SMILES string of the molecule is O=C(NC1CCCC1)C(Cl)c1ccc(OC(F)F)cc1. The summed E-state index contributed by atoms with van der Waals surface area (Å²) < 4.78 is 28.3. The minimum absolute atomic E-state index is 0.0452. The van der Waals surface area contributed by atoms with Crippen molar-refractivity contribution in [3.05, 3.63) is 29.8 Å². The van der Waals surface area contributed by atoms with E-state index in [4.69, 9.17) is 11.6 Å². The van der Waals surface area contributed by atoms with Crippen molar-refractivity contribution in [2.45, 2.75) is 43.7 Å². The van der Waals surface area contributed by atoms with Crippen molar-refractivity contribution in [3.63, 3.8) is 0 Å². The van der Waals surface area contributed by atoms with Crippen LogP contribution in [-0.4, -0.2) is 18.6 Å². The average Bonchev–Trinajstić information content (AvgIpc) is 2.91. The van der Waals surface area contributed by atoms with Crippen LogP contribution in [0.15, 0.2) is 24.3 Å². The van der Waals surface area contributed by atoms with Crippen molar-refractivity contribution in [1.29, 1.82) is 0 Å². The number of benzene rings is 1. The lowest BCUT2D eigenvalue weighted by molar-refractivity contribution is -0.121. The number of hydrogen-bond acceptors (Lipinski definition) is 2. The maximum atomic E-state index is 12.0. The summed E-state index contributed by atoms with van der Waals surface area (Å²) in [5.74, 6) is -0.204. The van der Waals surface area contributed by atoms with Gasteiger partial charge in [0.2, 0.25) is 5.91 Å². The highest BCUT2D eigenvalue weighted by atomic mass is 35.5. The zero-order chi connectivity index (χ0) is 14.5. The van der Waals surface area contributed by atoms with Gasteiger partial charge < -0.3 is 10.1 Å². The molecule has 20 heavy (non-hydrogen) atoms. The Morgan fingerprint density at radius 2 is 1.85 bits per heavy atom. The van der Waals surface area contributed by atoms with E-state index in [9.17, 15) is 13.6 Å². The molecule has 1 aromatic carbocycles. The maximum absolute atomic E-state index is 12.0. The number of carbonyl (C=O) groups is 1. The van der Waals surface area contributed by atoms with Gasteiger partial charge in [0.15, 0.2) is 0 Å². The van der Waals surface area contributed by atoms with Crippen LogP contribution in [0.4, 0.5) is 8.78 Å². The first-order chi connectivity index (χ1) is 9.56. The summed E-state index contributed by atoms with van der Waals surface area (Å²) in [4.78, 5) is 12.0. The third kappa shape index (κ3) is 4.07. The summed E-state index contributed by atoms with van der Waals surface area (Å²) in [5, 5.41) is 2.08. The summed E-state index contributed by atoms with van der Waals surface area (Å²) in [6.07, 6.45) is 4.21. The summed E-state index contributed by atoms with van der Waals surface area (Å²) in [5.41, 5.74) is 0.559. The van der Waals surface area contributed by atoms with E-state index in [1.165, 1.54) is 24.3 Å². The van der Waals surface area contributed by atoms with Crippen LogP contribution in [-0.2, 0) is 4.79 Å². The van der Waals surface area contributed by atoms with Gasteiger partial charge in [0.05, 0.1) is 0 Å². The van der Waals surface area contributed by atoms with Gasteiger partial charge in [-0.2, -0.15) is 8.78 Å². The van der Waals surface area contributed by atoms with Crippen LogP contribution in [0.1, 0.15) is 36.6 Å². The van der Waals surface area contributed by atoms with Gasteiger partial charge in [-0.1, -0.05) is 25.0 Å². The molecule has 0 saturated heterocycles. The molecule has 0 spiro atoms. The standard InChI is InChI=1S/C14H16ClF2NO2/c15-12(13(19)18-10-3-1-2-4-10)9-5-7-11(8-6-9)20-14(16)17/h5-8,10,12,14H,1-4H2,(H,18,19). The fraction of sp³-hybridized carbons (Fsp3) is 0.500. The summed E-state index contributed by atoms with van der Waals surface area (Å²) in [7, 11) is 0. The molecule has 110 valence electrons. The van der Waals surface area contributed by atoms with Crippen molar-refractivity contribution < 1.29 is 18.3 Å². The van der Waals surface area contributed by atoms with Crippen LogP contribution >= 0.6 is 11.6 Å². The van der Waals surface area contributed by atoms with Crippen molar-refractivity contribution in [1.82, 2.24) is 5.32 Å². The first-order valence-corrected chi connectivity index (χ1v) is 6.99. The van der Waals surface area contributed by atoms with Crippen LogP contribution < -0.4 is 10.1 Å². The Morgan fingerprint density at radius 3 is 2.40 bits per heavy atom. The smallest absolute Gasteiger partial charge is 0.387 e. The zero-order valence-electron chi connectivity index (χ0n) is 10.8. The molecule has 0 bridgehead atoms. The molecular weight excluding hydrogens is 288 g/mol. The molecule has 1 amide bonds. The number of rotatable bonds is 5. The fourth-order valence-corrected chi connectivity index (χ4v) is 2.52. The van der Waals surface area contributed by atoms with Gasteiger partial charge in [-0.15, -0.1) is 11.6 Å². The van der Waals surface area contributed by atoms with Crippen LogP contribution in [0.3, 0.4) is 0 Å². The third-order valence-corrected chi connectivity index (χ3v) is 3.78. The van der Waals surface area contributed by atoms with Gasteiger partial charge in [-0.05, 0) is 30.5 Å². The lowest BCUT2D eigenvalue weighted by Crippen LogP contribution is -2.34. The van der Waals surface area contributed by atoms with Crippen molar-refractivity contribution >= 4 is 17.5 Å². The van der Waals surface area contributed by atoms with Crippen molar-refractivity contribution in [2.24, 2.45) is 0 Å². The summed E-state index contributed by atoms with van der Waals surface area (Å²) in [6, 6.07) is 5.98. The lowest BCUT2D eigenvalue weighted by atomic mass is 10.1. The van der Waals surface area contributed by atoms with Gasteiger partial charge in [0.1, 0.15) is 11.1 Å². The zero-order valence-corrected chi connectivity index (χ0v) is 11.6. The second-order valence-corrected chi connectivity index (χ2v) is 5.24. The topological polar surface area (TPSA) is 38.3 Å². The molecule has 1 unspecified atom stereocenters. The van der Waals surface area contributed by atoms with Crippen molar-refractivity contribution in [2.75, 3.05) is 0 Å². The van der Waals surface area contributed by atoms with E-state index in [0.29, 0.717) is 5.56 Å². The molecule has 0 radical (unpaired) electrons. The Kier molecular flexibility index (Phi) is 5.17. The third-order valence-electron chi connectivity index (χ3n) is 3.33. The molecule has 0 aromatic heterocycles. The highest BCUT2D eigenvalue weighted by Crippen LogP contribution is 2.25. The molecule has 1 atom stereocenters. The fourth-order valence-electron chi connectivity index (χ4n) is 2.31. The van der Waals surface area contributed by atoms with E-state index >= 15 is 0 Å². The van der Waals surface area contributed by atoms with Gasteiger partial charge in [0.25, 0.3) is 0 Å². The van der Waals surface area contributed by atoms with Gasteiger partial charge in [-0.3, -0.25) is 4.79 Å². The Morgan fingerprint density at radius 1 is 1.25 bits per heavy atom. The molecule has 1 aliphatic rings. The number of carbonyl (C=O) groups excluding carboxylic acids is 1. The minimum atomic E-state index is -2.86. The maximum Gasteiger partial charge on any atom is 0.387 e. The van der Waals surface area contributed by atoms with Gasteiger partial charge in [0, 0.05) is 6.04 Å². The number of halogens is 3. The Balaban J connectivity index is 1.93. The predicted octanol–water partition coefficient (Wildman–Crippen LogP) is 3.63. The molecular formula is C14H16ClF2NO2. The number of nitrogens with one attached hydrogen (secondary N) is 1. The largest absolute Gasteiger partial charge is 0.435 e. The number of hydrogen-bond donors (Lipinski definition) is 1. The number of amides is 1. The molecule has 2 rings (SSSR count). The molecule has 1 saturated carbocycles. The van der Waals surface area contributed by atoms with Crippen LogP contribution in [0, 0.1) is 0 Å². The van der Waals surface area contributed by atoms with E-state index in [0.717, 1.165) is 25.7 Å². The van der Waals surface area contributed by atoms with E-state index in [2.05, 4.69) is 10.1 Å². The van der Waals surface area contributed by atoms with E-state index in [1.807, 2.05) is 0 Å². The second kappa shape index (κ2) is 6.88. The summed E-state index contributed by atoms with van der Waals surface area (Å²) in [6.45, 7) is -2.86. The van der Waals surface area contributed by atoms with Crippen LogP contribution in [0.2, 0.25) is 0 Å². The van der Waals surface area contributed by atoms with Gasteiger partial charge in [-0.25, -0.2) is 0 Å². The highest BCUT2D eigenvalue weighted by molar-refractivity contribution is 6.30. The molecule has 0 aliphatic heterocycles. The van der Waals surface area contributed by atoms with Gasteiger partial charge >= 0.3 is 6.61 Å². The Hall–Kier alpha value is -1.36. The first kappa shape index (κ1) is 15.0. The predicted molar refractivity (Wildman–Crippen MR) is 72.1 cm³/mol. The van der Waals surface area contributed by atoms with Crippen molar-refractivity contribution in [3.8, 4) is 5.75 Å². The quantitative estimate of drug-likeness (QED) is 0.844. The second-order valence-electron chi connectivity index (χ2n) is 4.80. The molecule has 1 fully saturated rings.